The van der Waals surface area contributed by atoms with Crippen molar-refractivity contribution in [3.63, 3.8) is 0 Å². The van der Waals surface area contributed by atoms with Gasteiger partial charge in [0.05, 0.1) is 0 Å². The molecule has 0 N–H and O–H groups in total. The largest absolute Gasteiger partial charge is 0.300 e. The van der Waals surface area contributed by atoms with E-state index in [4.69, 9.17) is 0 Å². The number of rotatable bonds is 6. The first kappa shape index (κ1) is 11.8. The van der Waals surface area contributed by atoms with E-state index in [1.54, 1.807) is 18.3 Å². The van der Waals surface area contributed by atoms with Crippen molar-refractivity contribution in [1.82, 2.24) is 4.90 Å². The molecule has 1 aliphatic rings. The van der Waals surface area contributed by atoms with E-state index in [0.29, 0.717) is 18.2 Å². The molecule has 0 amide bonds. The molecule has 1 saturated carbocycles. The Labute approximate surface area is 101 Å². The third-order valence-electron chi connectivity index (χ3n) is 3.08. The summed E-state index contributed by atoms with van der Waals surface area (Å²) in [7, 11) is 0. The molecule has 0 bridgehead atoms. The first-order valence-electron chi connectivity index (χ1n) is 5.94. The summed E-state index contributed by atoms with van der Waals surface area (Å²) in [6.07, 6.45) is 3.28. The molecule has 0 saturated heterocycles. The SMILES string of the molecule is CC(=O)CC(C)N(Cc1cccs1)C1CC1. The standard InChI is InChI=1S/C13H19NOS/c1-10(8-11(2)15)14(12-5-6-12)9-13-4-3-7-16-13/h3-4,7,10,12H,5-6,8-9H2,1-2H3. The number of carbonyl (C=O) groups excluding carboxylic acids is 1. The van der Waals surface area contributed by atoms with E-state index in [2.05, 4.69) is 29.3 Å². The Morgan fingerprint density at radius 3 is 2.88 bits per heavy atom. The summed E-state index contributed by atoms with van der Waals surface area (Å²) in [4.78, 5) is 15.1. The van der Waals surface area contributed by atoms with E-state index < -0.39 is 0 Å². The van der Waals surface area contributed by atoms with Gasteiger partial charge in [0.15, 0.2) is 0 Å². The smallest absolute Gasteiger partial charge is 0.131 e. The Bertz CT molecular complexity index is 343. The van der Waals surface area contributed by atoms with Crippen molar-refractivity contribution >= 4 is 17.1 Å². The maximum atomic E-state index is 11.2. The molecule has 1 unspecified atom stereocenters. The average molecular weight is 237 g/mol. The second-order valence-corrected chi connectivity index (χ2v) is 5.77. The number of hydrogen-bond acceptors (Lipinski definition) is 3. The van der Waals surface area contributed by atoms with Crippen LogP contribution in [0.1, 0.15) is 38.0 Å². The number of nitrogens with zero attached hydrogens (tertiary/aromatic N) is 1. The van der Waals surface area contributed by atoms with Crippen molar-refractivity contribution in [3.8, 4) is 0 Å². The van der Waals surface area contributed by atoms with Crippen LogP contribution >= 0.6 is 11.3 Å². The third-order valence-corrected chi connectivity index (χ3v) is 3.94. The molecule has 2 rings (SSSR count). The first-order valence-corrected chi connectivity index (χ1v) is 6.82. The van der Waals surface area contributed by atoms with Gasteiger partial charge in [0, 0.05) is 29.9 Å². The molecule has 1 fully saturated rings. The van der Waals surface area contributed by atoms with Crippen molar-refractivity contribution in [2.45, 2.75) is 51.7 Å². The maximum absolute atomic E-state index is 11.2. The zero-order valence-corrected chi connectivity index (χ0v) is 10.8. The van der Waals surface area contributed by atoms with Crippen LogP contribution in [0.15, 0.2) is 17.5 Å². The molecule has 1 heterocycles. The van der Waals surface area contributed by atoms with E-state index in [1.165, 1.54) is 17.7 Å². The van der Waals surface area contributed by atoms with E-state index >= 15 is 0 Å². The molecule has 88 valence electrons. The van der Waals surface area contributed by atoms with Crippen LogP contribution in [0.5, 0.6) is 0 Å². The van der Waals surface area contributed by atoms with Gasteiger partial charge in [-0.3, -0.25) is 9.69 Å². The Morgan fingerprint density at radius 1 is 1.62 bits per heavy atom. The lowest BCUT2D eigenvalue weighted by Gasteiger charge is -2.28. The first-order chi connectivity index (χ1) is 7.66. The minimum Gasteiger partial charge on any atom is -0.300 e. The number of Topliss-reactive ketones (excluding diaryl/α,β-unsaturated/α-hetero) is 1. The zero-order valence-electron chi connectivity index (χ0n) is 9.98. The molecule has 0 spiro atoms. The van der Waals surface area contributed by atoms with Crippen LogP contribution < -0.4 is 0 Å². The number of thiophene rings is 1. The van der Waals surface area contributed by atoms with Crippen LogP contribution in [-0.2, 0) is 11.3 Å². The van der Waals surface area contributed by atoms with Gasteiger partial charge in [-0.1, -0.05) is 6.07 Å². The highest BCUT2D eigenvalue weighted by Crippen LogP contribution is 2.31. The quantitative estimate of drug-likeness (QED) is 0.758. The molecule has 1 aromatic heterocycles. The van der Waals surface area contributed by atoms with Crippen LogP contribution in [0, 0.1) is 0 Å². The highest BCUT2D eigenvalue weighted by molar-refractivity contribution is 7.09. The Balaban J connectivity index is 1.96. The lowest BCUT2D eigenvalue weighted by atomic mass is 10.1. The average Bonchev–Trinajstić information content (AvgIpc) is 2.91. The Kier molecular flexibility index (Phi) is 3.77. The fourth-order valence-electron chi connectivity index (χ4n) is 2.17. The van der Waals surface area contributed by atoms with E-state index in [0.717, 1.165) is 12.6 Å². The van der Waals surface area contributed by atoms with Gasteiger partial charge >= 0.3 is 0 Å². The molecule has 0 radical (unpaired) electrons. The third kappa shape index (κ3) is 3.16. The summed E-state index contributed by atoms with van der Waals surface area (Å²) in [5.41, 5.74) is 0. The van der Waals surface area contributed by atoms with Gasteiger partial charge in [-0.05, 0) is 38.1 Å². The van der Waals surface area contributed by atoms with Crippen molar-refractivity contribution in [2.75, 3.05) is 0 Å². The van der Waals surface area contributed by atoms with Gasteiger partial charge in [0.2, 0.25) is 0 Å². The molecular formula is C13H19NOS. The van der Waals surface area contributed by atoms with Gasteiger partial charge in [0.25, 0.3) is 0 Å². The van der Waals surface area contributed by atoms with Crippen LogP contribution in [0.3, 0.4) is 0 Å². The Hall–Kier alpha value is -0.670. The highest BCUT2D eigenvalue weighted by Gasteiger charge is 2.32. The number of hydrogen-bond donors (Lipinski definition) is 0. The lowest BCUT2D eigenvalue weighted by Crippen LogP contribution is -2.35. The zero-order chi connectivity index (χ0) is 11.5. The van der Waals surface area contributed by atoms with Crippen molar-refractivity contribution < 1.29 is 4.79 Å². The second kappa shape index (κ2) is 5.11. The highest BCUT2D eigenvalue weighted by atomic mass is 32.1. The van der Waals surface area contributed by atoms with Crippen LogP contribution in [0.2, 0.25) is 0 Å². The van der Waals surface area contributed by atoms with Crippen molar-refractivity contribution in [2.24, 2.45) is 0 Å². The molecule has 3 heteroatoms. The summed E-state index contributed by atoms with van der Waals surface area (Å²) in [6, 6.07) is 5.38. The summed E-state index contributed by atoms with van der Waals surface area (Å²) < 4.78 is 0. The fourth-order valence-corrected chi connectivity index (χ4v) is 2.88. The van der Waals surface area contributed by atoms with Gasteiger partial charge in [-0.15, -0.1) is 11.3 Å². The van der Waals surface area contributed by atoms with Gasteiger partial charge in [0.1, 0.15) is 5.78 Å². The van der Waals surface area contributed by atoms with Gasteiger partial charge in [-0.2, -0.15) is 0 Å². The van der Waals surface area contributed by atoms with E-state index in [9.17, 15) is 4.79 Å². The molecule has 1 aliphatic carbocycles. The molecular weight excluding hydrogens is 218 g/mol. The summed E-state index contributed by atoms with van der Waals surface area (Å²) in [5, 5.41) is 2.12. The lowest BCUT2D eigenvalue weighted by molar-refractivity contribution is -0.118. The Morgan fingerprint density at radius 2 is 2.38 bits per heavy atom. The second-order valence-electron chi connectivity index (χ2n) is 4.74. The van der Waals surface area contributed by atoms with Crippen LogP contribution in [0.4, 0.5) is 0 Å². The minimum absolute atomic E-state index is 0.296. The van der Waals surface area contributed by atoms with Crippen molar-refractivity contribution in [1.29, 1.82) is 0 Å². The molecule has 1 atom stereocenters. The molecule has 0 aliphatic heterocycles. The minimum atomic E-state index is 0.296. The topological polar surface area (TPSA) is 20.3 Å². The van der Waals surface area contributed by atoms with Crippen LogP contribution in [0.25, 0.3) is 0 Å². The molecule has 16 heavy (non-hydrogen) atoms. The summed E-state index contributed by atoms with van der Waals surface area (Å²) >= 11 is 1.81. The normalized spacial score (nSPS) is 17.7. The number of ketones is 1. The molecule has 0 aromatic carbocycles. The summed E-state index contributed by atoms with van der Waals surface area (Å²) in [5.74, 6) is 0.296. The predicted octanol–water partition coefficient (Wildman–Crippen LogP) is 3.08. The molecule has 1 aromatic rings. The van der Waals surface area contributed by atoms with E-state index in [-0.39, 0.29) is 0 Å². The molecule has 2 nitrogen and oxygen atoms in total. The van der Waals surface area contributed by atoms with Gasteiger partial charge < -0.3 is 0 Å². The van der Waals surface area contributed by atoms with Gasteiger partial charge in [-0.25, -0.2) is 0 Å². The summed E-state index contributed by atoms with van der Waals surface area (Å²) in [6.45, 7) is 4.87. The monoisotopic (exact) mass is 237 g/mol. The fraction of sp³-hybridized carbons (Fsp3) is 0.615. The number of carbonyl (C=O) groups is 1. The van der Waals surface area contributed by atoms with Crippen LogP contribution in [-0.4, -0.2) is 22.8 Å². The predicted molar refractivity (Wildman–Crippen MR) is 67.6 cm³/mol. The van der Waals surface area contributed by atoms with Crippen molar-refractivity contribution in [3.05, 3.63) is 22.4 Å². The van der Waals surface area contributed by atoms with E-state index in [1.807, 2.05) is 0 Å². The maximum Gasteiger partial charge on any atom is 0.131 e.